The predicted molar refractivity (Wildman–Crippen MR) is 64.3 cm³/mol. The van der Waals surface area contributed by atoms with Crippen LogP contribution in [-0.2, 0) is 13.5 Å². The normalized spacial score (nSPS) is 14.2. The summed E-state index contributed by atoms with van der Waals surface area (Å²) in [5.74, 6) is 0. The van der Waals surface area contributed by atoms with Gasteiger partial charge in [0.2, 0.25) is 0 Å². The van der Waals surface area contributed by atoms with Crippen LogP contribution in [0.15, 0.2) is 12.3 Å². The number of nitrogens with zero attached hydrogens (tertiary/aromatic N) is 2. The number of hydrogen-bond donors (Lipinski definition) is 1. The molecule has 0 fully saturated rings. The number of hydrogen-bond acceptors (Lipinski definition) is 2. The third-order valence-electron chi connectivity index (χ3n) is 2.88. The molecule has 86 valence electrons. The Morgan fingerprint density at radius 3 is 2.73 bits per heavy atom. The lowest BCUT2D eigenvalue weighted by molar-refractivity contribution is 0.383. The number of aryl methyl sites for hydroxylation is 1. The van der Waals surface area contributed by atoms with Gasteiger partial charge < -0.3 is 5.32 Å². The average Bonchev–Trinajstić information content (AvgIpc) is 2.51. The van der Waals surface area contributed by atoms with E-state index in [0.29, 0.717) is 0 Å². The SMILES string of the molecule is CC(Cl)C(C)(C)NCCc1ccnn1C. The zero-order chi connectivity index (χ0) is 11.5. The zero-order valence-electron chi connectivity index (χ0n) is 9.92. The second-order valence-corrected chi connectivity index (χ2v) is 5.12. The van der Waals surface area contributed by atoms with Crippen molar-refractivity contribution in [2.24, 2.45) is 7.05 Å². The van der Waals surface area contributed by atoms with Crippen molar-refractivity contribution in [3.63, 3.8) is 0 Å². The maximum absolute atomic E-state index is 6.08. The topological polar surface area (TPSA) is 29.9 Å². The minimum absolute atomic E-state index is 0.0276. The van der Waals surface area contributed by atoms with E-state index in [2.05, 4.69) is 24.3 Å². The molecule has 0 aliphatic heterocycles. The fourth-order valence-electron chi connectivity index (χ4n) is 1.30. The van der Waals surface area contributed by atoms with E-state index in [9.17, 15) is 0 Å². The molecule has 1 atom stereocenters. The van der Waals surface area contributed by atoms with Crippen LogP contribution >= 0.6 is 11.6 Å². The highest BCUT2D eigenvalue weighted by Crippen LogP contribution is 2.14. The third-order valence-corrected chi connectivity index (χ3v) is 3.42. The van der Waals surface area contributed by atoms with Crippen LogP contribution in [0.2, 0.25) is 0 Å². The minimum atomic E-state index is -0.0276. The van der Waals surface area contributed by atoms with Crippen molar-refractivity contribution >= 4 is 11.6 Å². The molecule has 0 spiro atoms. The molecule has 0 aromatic carbocycles. The molecule has 1 N–H and O–H groups in total. The Balaban J connectivity index is 2.37. The Labute approximate surface area is 96.8 Å². The van der Waals surface area contributed by atoms with Gasteiger partial charge in [-0.1, -0.05) is 0 Å². The summed E-state index contributed by atoms with van der Waals surface area (Å²) in [5, 5.41) is 7.70. The molecule has 4 heteroatoms. The molecule has 0 aliphatic rings. The molecule has 3 nitrogen and oxygen atoms in total. The van der Waals surface area contributed by atoms with Crippen molar-refractivity contribution in [1.82, 2.24) is 15.1 Å². The van der Waals surface area contributed by atoms with Crippen LogP contribution in [0.5, 0.6) is 0 Å². The molecule has 1 unspecified atom stereocenters. The van der Waals surface area contributed by atoms with Crippen LogP contribution in [0.25, 0.3) is 0 Å². The molecule has 0 saturated heterocycles. The van der Waals surface area contributed by atoms with Crippen LogP contribution < -0.4 is 5.32 Å². The van der Waals surface area contributed by atoms with Gasteiger partial charge in [0.15, 0.2) is 0 Å². The summed E-state index contributed by atoms with van der Waals surface area (Å²) in [6, 6.07) is 2.04. The first-order chi connectivity index (χ1) is 6.93. The van der Waals surface area contributed by atoms with E-state index in [4.69, 9.17) is 11.6 Å². The number of alkyl halides is 1. The second-order valence-electron chi connectivity index (χ2n) is 4.46. The first-order valence-corrected chi connectivity index (χ1v) is 5.73. The molecule has 0 bridgehead atoms. The summed E-state index contributed by atoms with van der Waals surface area (Å²) in [6.45, 7) is 7.17. The monoisotopic (exact) mass is 229 g/mol. The van der Waals surface area contributed by atoms with Crippen molar-refractivity contribution < 1.29 is 0 Å². The van der Waals surface area contributed by atoms with Crippen LogP contribution in [0.3, 0.4) is 0 Å². The Kier molecular flexibility index (Phi) is 4.17. The lowest BCUT2D eigenvalue weighted by Crippen LogP contribution is -2.46. The van der Waals surface area contributed by atoms with Crippen molar-refractivity contribution in [1.29, 1.82) is 0 Å². The van der Waals surface area contributed by atoms with E-state index < -0.39 is 0 Å². The Bertz CT molecular complexity index is 305. The highest BCUT2D eigenvalue weighted by atomic mass is 35.5. The van der Waals surface area contributed by atoms with Crippen LogP contribution in [0.1, 0.15) is 26.5 Å². The first-order valence-electron chi connectivity index (χ1n) is 5.29. The molecule has 0 radical (unpaired) electrons. The Morgan fingerprint density at radius 1 is 1.60 bits per heavy atom. The fraction of sp³-hybridized carbons (Fsp3) is 0.727. The van der Waals surface area contributed by atoms with Crippen LogP contribution in [-0.4, -0.2) is 27.2 Å². The fourth-order valence-corrected chi connectivity index (χ4v) is 1.38. The molecule has 15 heavy (non-hydrogen) atoms. The molecule has 0 amide bonds. The summed E-state index contributed by atoms with van der Waals surface area (Å²) >= 11 is 6.08. The molecule has 1 heterocycles. The minimum Gasteiger partial charge on any atom is -0.310 e. The zero-order valence-corrected chi connectivity index (χ0v) is 10.7. The summed E-state index contributed by atoms with van der Waals surface area (Å²) in [4.78, 5) is 0. The van der Waals surface area contributed by atoms with E-state index in [-0.39, 0.29) is 10.9 Å². The van der Waals surface area contributed by atoms with Gasteiger partial charge in [0, 0.05) is 42.8 Å². The van der Waals surface area contributed by atoms with E-state index in [1.54, 1.807) is 0 Å². The third kappa shape index (κ3) is 3.50. The summed E-state index contributed by atoms with van der Waals surface area (Å²) in [5.41, 5.74) is 1.21. The number of nitrogens with one attached hydrogen (secondary N) is 1. The van der Waals surface area contributed by atoms with Crippen molar-refractivity contribution in [3.8, 4) is 0 Å². The molecular weight excluding hydrogens is 210 g/mol. The van der Waals surface area contributed by atoms with Gasteiger partial charge in [0.05, 0.1) is 0 Å². The predicted octanol–water partition coefficient (Wildman–Crippen LogP) is 1.96. The van der Waals surface area contributed by atoms with Gasteiger partial charge in [-0.25, -0.2) is 0 Å². The molecular formula is C11H20ClN3. The van der Waals surface area contributed by atoms with Gasteiger partial charge in [-0.3, -0.25) is 4.68 Å². The van der Waals surface area contributed by atoms with Crippen molar-refractivity contribution in [2.45, 2.75) is 38.1 Å². The van der Waals surface area contributed by atoms with Gasteiger partial charge >= 0.3 is 0 Å². The number of halogens is 1. The van der Waals surface area contributed by atoms with Gasteiger partial charge in [-0.15, -0.1) is 11.6 Å². The summed E-state index contributed by atoms with van der Waals surface area (Å²) < 4.78 is 1.90. The van der Waals surface area contributed by atoms with Gasteiger partial charge in [0.1, 0.15) is 0 Å². The molecule has 1 aromatic heterocycles. The van der Waals surface area contributed by atoms with E-state index in [0.717, 1.165) is 13.0 Å². The van der Waals surface area contributed by atoms with Crippen molar-refractivity contribution in [3.05, 3.63) is 18.0 Å². The lowest BCUT2D eigenvalue weighted by atomic mass is 10.0. The first kappa shape index (κ1) is 12.5. The quantitative estimate of drug-likeness (QED) is 0.783. The number of rotatable bonds is 5. The second kappa shape index (κ2) is 4.99. The van der Waals surface area contributed by atoms with Crippen molar-refractivity contribution in [2.75, 3.05) is 6.54 Å². The summed E-state index contributed by atoms with van der Waals surface area (Å²) in [6.07, 6.45) is 2.80. The standard InChI is InChI=1S/C11H20ClN3/c1-9(12)11(2,3)13-7-5-10-6-8-14-15(10)4/h6,8-9,13H,5,7H2,1-4H3. The molecule has 0 aliphatic carbocycles. The highest BCUT2D eigenvalue weighted by molar-refractivity contribution is 6.21. The molecule has 1 aromatic rings. The molecule has 0 saturated carbocycles. The van der Waals surface area contributed by atoms with E-state index in [1.165, 1.54) is 5.69 Å². The van der Waals surface area contributed by atoms with Crippen LogP contribution in [0, 0.1) is 0 Å². The van der Waals surface area contributed by atoms with Crippen LogP contribution in [0.4, 0.5) is 0 Å². The van der Waals surface area contributed by atoms with Gasteiger partial charge in [-0.2, -0.15) is 5.10 Å². The maximum Gasteiger partial charge on any atom is 0.0492 e. The Hall–Kier alpha value is -0.540. The average molecular weight is 230 g/mol. The Morgan fingerprint density at radius 2 is 2.27 bits per heavy atom. The van der Waals surface area contributed by atoms with Gasteiger partial charge in [-0.05, 0) is 26.8 Å². The largest absolute Gasteiger partial charge is 0.310 e. The lowest BCUT2D eigenvalue weighted by Gasteiger charge is -2.29. The van der Waals surface area contributed by atoms with E-state index in [1.807, 2.05) is 30.9 Å². The smallest absolute Gasteiger partial charge is 0.0492 e. The highest BCUT2D eigenvalue weighted by Gasteiger charge is 2.22. The van der Waals surface area contributed by atoms with Gasteiger partial charge in [0.25, 0.3) is 0 Å². The summed E-state index contributed by atoms with van der Waals surface area (Å²) in [7, 11) is 1.96. The number of aromatic nitrogens is 2. The van der Waals surface area contributed by atoms with E-state index >= 15 is 0 Å². The maximum atomic E-state index is 6.08. The molecule has 1 rings (SSSR count).